The second kappa shape index (κ2) is 17.0. The molecule has 0 radical (unpaired) electrons. The summed E-state index contributed by atoms with van der Waals surface area (Å²) in [5, 5.41) is 14.0. The van der Waals surface area contributed by atoms with Gasteiger partial charge < -0.3 is 36.2 Å². The number of para-hydroxylation sites is 1. The predicted octanol–water partition coefficient (Wildman–Crippen LogP) is 1.35. The summed E-state index contributed by atoms with van der Waals surface area (Å²) in [6.45, 7) is 12.6. The van der Waals surface area contributed by atoms with Crippen LogP contribution >= 0.6 is 0 Å². The molecule has 0 aromatic heterocycles. The molecule has 1 aromatic rings. The molecule has 1 aromatic carbocycles. The lowest BCUT2D eigenvalue weighted by Gasteiger charge is -2.28. The first-order valence-corrected chi connectivity index (χ1v) is 15.9. The number of fused-ring (bicyclic) bond motifs is 1. The van der Waals surface area contributed by atoms with E-state index in [4.69, 9.17) is 4.74 Å². The molecule has 0 aliphatic carbocycles. The Morgan fingerprint density at radius 2 is 1.55 bits per heavy atom. The number of rotatable bonds is 8. The van der Waals surface area contributed by atoms with Gasteiger partial charge in [0, 0.05) is 6.54 Å². The van der Waals surface area contributed by atoms with Crippen LogP contribution < -0.4 is 31.3 Å². The largest absolute Gasteiger partial charge is 0.491 e. The third-order valence-electron chi connectivity index (χ3n) is 7.93. The molecule has 5 amide bonds. The van der Waals surface area contributed by atoms with Crippen molar-refractivity contribution in [3.05, 3.63) is 29.8 Å². The molecule has 0 saturated carbocycles. The Bertz CT molecular complexity index is 1150. The third-order valence-corrected chi connectivity index (χ3v) is 7.93. The van der Waals surface area contributed by atoms with Crippen molar-refractivity contribution in [3.8, 4) is 5.75 Å². The van der Waals surface area contributed by atoms with Crippen molar-refractivity contribution >= 4 is 29.5 Å². The summed E-state index contributed by atoms with van der Waals surface area (Å²) < 4.78 is 5.91. The number of carbonyl (C=O) groups is 5. The van der Waals surface area contributed by atoms with Crippen LogP contribution in [0.5, 0.6) is 5.75 Å². The van der Waals surface area contributed by atoms with Gasteiger partial charge in [0.2, 0.25) is 23.6 Å². The summed E-state index contributed by atoms with van der Waals surface area (Å²) in [6, 6.07) is 3.15. The first kappa shape index (κ1) is 34.8. The van der Waals surface area contributed by atoms with Gasteiger partial charge in [0.25, 0.3) is 5.91 Å². The number of nitrogens with zero attached hydrogens (tertiary/aromatic N) is 1. The maximum Gasteiger partial charge on any atom is 0.255 e. The normalized spacial score (nSPS) is 24.4. The minimum absolute atomic E-state index is 0.0603. The number of carbonyl (C=O) groups excluding carboxylic acids is 5. The number of unbranched alkanes of at least 4 members (excludes halogenated alkanes) is 1. The van der Waals surface area contributed by atoms with Crippen LogP contribution in [-0.2, 0) is 19.2 Å². The topological polar surface area (TPSA) is 158 Å². The molecule has 12 heteroatoms. The summed E-state index contributed by atoms with van der Waals surface area (Å²) in [6.07, 6.45) is 3.76. The molecule has 0 spiro atoms. The molecule has 244 valence electrons. The fourth-order valence-corrected chi connectivity index (χ4v) is 5.35. The monoisotopic (exact) mass is 614 g/mol. The molecule has 0 unspecified atom stereocenters. The van der Waals surface area contributed by atoms with Gasteiger partial charge in [-0.2, -0.15) is 0 Å². The predicted molar refractivity (Wildman–Crippen MR) is 167 cm³/mol. The van der Waals surface area contributed by atoms with Crippen LogP contribution in [-0.4, -0.2) is 91.4 Å². The Hall–Kier alpha value is -3.67. The van der Waals surface area contributed by atoms with Crippen molar-refractivity contribution in [2.24, 2.45) is 11.8 Å². The molecule has 2 heterocycles. The van der Waals surface area contributed by atoms with Gasteiger partial charge in [-0.1, -0.05) is 39.8 Å². The maximum absolute atomic E-state index is 13.4. The van der Waals surface area contributed by atoms with E-state index >= 15 is 0 Å². The molecule has 3 rings (SSSR count). The Labute approximate surface area is 260 Å². The van der Waals surface area contributed by atoms with Gasteiger partial charge in [-0.15, -0.1) is 0 Å². The van der Waals surface area contributed by atoms with E-state index < -0.39 is 47.8 Å². The van der Waals surface area contributed by atoms with E-state index in [-0.39, 0.29) is 42.1 Å². The van der Waals surface area contributed by atoms with Crippen molar-refractivity contribution in [1.29, 1.82) is 0 Å². The van der Waals surface area contributed by atoms with Crippen LogP contribution in [0.4, 0.5) is 0 Å². The lowest BCUT2D eigenvalue weighted by atomic mass is 9.99. The molecule has 1 saturated heterocycles. The SMILES string of the molecule is CC(C)[C@@H]1NC(=O)C[C@@H](C(=O)NCCCCN2CCCC2)NC(=O)c2ccccc2OC[C@H](C)NC(=O)[C@@H](C(C)C)NC1=O. The second-order valence-electron chi connectivity index (χ2n) is 12.5. The molecule has 12 nitrogen and oxygen atoms in total. The van der Waals surface area contributed by atoms with E-state index in [1.165, 1.54) is 12.8 Å². The van der Waals surface area contributed by atoms with Crippen molar-refractivity contribution in [1.82, 2.24) is 31.5 Å². The van der Waals surface area contributed by atoms with E-state index in [9.17, 15) is 24.0 Å². The first-order valence-electron chi connectivity index (χ1n) is 15.9. The van der Waals surface area contributed by atoms with E-state index in [1.54, 1.807) is 45.0 Å². The lowest BCUT2D eigenvalue weighted by Crippen LogP contribution is -2.58. The zero-order valence-electron chi connectivity index (χ0n) is 26.7. The van der Waals surface area contributed by atoms with Gasteiger partial charge in [0.15, 0.2) is 0 Å². The molecule has 5 N–H and O–H groups in total. The number of ether oxygens (including phenoxy) is 1. The van der Waals surface area contributed by atoms with E-state index in [2.05, 4.69) is 31.5 Å². The highest BCUT2D eigenvalue weighted by Gasteiger charge is 2.33. The Morgan fingerprint density at radius 3 is 2.23 bits per heavy atom. The maximum atomic E-state index is 13.4. The van der Waals surface area contributed by atoms with Crippen LogP contribution in [0.15, 0.2) is 24.3 Å². The summed E-state index contributed by atoms with van der Waals surface area (Å²) in [5.74, 6) is -2.81. The van der Waals surface area contributed by atoms with E-state index in [1.807, 2.05) is 13.8 Å². The van der Waals surface area contributed by atoms with Gasteiger partial charge in [-0.05, 0) is 76.2 Å². The van der Waals surface area contributed by atoms with Gasteiger partial charge in [-0.25, -0.2) is 0 Å². The second-order valence-corrected chi connectivity index (χ2v) is 12.5. The number of nitrogens with one attached hydrogen (secondary N) is 5. The first-order chi connectivity index (χ1) is 21.0. The quantitative estimate of drug-likeness (QED) is 0.277. The summed E-state index contributed by atoms with van der Waals surface area (Å²) in [4.78, 5) is 68.9. The van der Waals surface area contributed by atoms with Gasteiger partial charge in [0.1, 0.15) is 30.5 Å². The van der Waals surface area contributed by atoms with E-state index in [0.29, 0.717) is 6.54 Å². The molecule has 0 bridgehead atoms. The molecular weight excluding hydrogens is 564 g/mol. The standard InChI is InChI=1S/C32H50N6O6/c1-20(2)27-32(43)37-28(21(3)4)31(42)34-22(5)19-44-25-13-7-6-12-23(25)29(40)35-24(18-26(39)36-27)30(41)33-14-8-9-15-38-16-10-11-17-38/h6-7,12-13,20-22,24,27-28H,8-11,14-19H2,1-5H3,(H,33,41)(H,34,42)(H,35,40)(H,36,39)(H,37,43)/t22-,24-,27-,28+/m0/s1. The zero-order valence-corrected chi connectivity index (χ0v) is 26.7. The highest BCUT2D eigenvalue weighted by Crippen LogP contribution is 2.19. The minimum atomic E-state index is -1.19. The van der Waals surface area contributed by atoms with Gasteiger partial charge >= 0.3 is 0 Å². The Morgan fingerprint density at radius 1 is 0.909 bits per heavy atom. The van der Waals surface area contributed by atoms with Gasteiger partial charge in [0.05, 0.1) is 18.0 Å². The third kappa shape index (κ3) is 10.5. The highest BCUT2D eigenvalue weighted by molar-refractivity contribution is 6.01. The fraction of sp³-hybridized carbons (Fsp3) is 0.656. The Kier molecular flexibility index (Phi) is 13.4. The number of hydrogen-bond donors (Lipinski definition) is 5. The molecule has 4 atom stereocenters. The molecule has 2 aliphatic heterocycles. The zero-order chi connectivity index (χ0) is 32.2. The summed E-state index contributed by atoms with van der Waals surface area (Å²) >= 11 is 0. The van der Waals surface area contributed by atoms with Gasteiger partial charge in [-0.3, -0.25) is 24.0 Å². The van der Waals surface area contributed by atoms with Crippen LogP contribution in [0.3, 0.4) is 0 Å². The molecule has 44 heavy (non-hydrogen) atoms. The molecule has 1 fully saturated rings. The van der Waals surface area contributed by atoms with Crippen LogP contribution in [0.2, 0.25) is 0 Å². The average Bonchev–Trinajstić information content (AvgIpc) is 3.49. The van der Waals surface area contributed by atoms with Crippen molar-refractivity contribution < 1.29 is 28.7 Å². The highest BCUT2D eigenvalue weighted by atomic mass is 16.5. The number of benzene rings is 1. The smallest absolute Gasteiger partial charge is 0.255 e. The minimum Gasteiger partial charge on any atom is -0.491 e. The molecular formula is C32H50N6O6. The number of hydrogen-bond acceptors (Lipinski definition) is 7. The van der Waals surface area contributed by atoms with E-state index in [0.717, 1.165) is 32.5 Å². The fourth-order valence-electron chi connectivity index (χ4n) is 5.35. The summed E-state index contributed by atoms with van der Waals surface area (Å²) in [7, 11) is 0. The Balaban J connectivity index is 1.82. The summed E-state index contributed by atoms with van der Waals surface area (Å²) in [5.41, 5.74) is 0.191. The average molecular weight is 615 g/mol. The lowest BCUT2D eigenvalue weighted by molar-refractivity contribution is -0.134. The van der Waals surface area contributed by atoms with Crippen LogP contribution in [0.1, 0.15) is 77.1 Å². The van der Waals surface area contributed by atoms with Crippen molar-refractivity contribution in [2.75, 3.05) is 32.8 Å². The van der Waals surface area contributed by atoms with Crippen LogP contribution in [0.25, 0.3) is 0 Å². The molecule has 2 aliphatic rings. The number of likely N-dealkylation sites (tertiary alicyclic amines) is 1. The number of amides is 5. The van der Waals surface area contributed by atoms with Crippen molar-refractivity contribution in [3.63, 3.8) is 0 Å². The van der Waals surface area contributed by atoms with Crippen molar-refractivity contribution in [2.45, 2.75) is 90.9 Å². The van der Waals surface area contributed by atoms with Crippen LogP contribution in [0, 0.1) is 11.8 Å².